The Kier molecular flexibility index (Phi) is 5.20. The molecule has 1 heterocycles. The number of morpholine rings is 1. The summed E-state index contributed by atoms with van der Waals surface area (Å²) in [7, 11) is -3.59. The summed E-state index contributed by atoms with van der Waals surface area (Å²) >= 11 is 0. The molecule has 1 saturated heterocycles. The molecule has 1 fully saturated rings. The lowest BCUT2D eigenvalue weighted by molar-refractivity contribution is 0.0730. The third kappa shape index (κ3) is 3.66. The number of rotatable bonds is 4. The van der Waals surface area contributed by atoms with E-state index in [4.69, 9.17) is 4.74 Å². The van der Waals surface area contributed by atoms with Gasteiger partial charge >= 0.3 is 0 Å². The van der Waals surface area contributed by atoms with Gasteiger partial charge in [-0.05, 0) is 38.5 Å². The lowest BCUT2D eigenvalue weighted by Gasteiger charge is -2.26. The van der Waals surface area contributed by atoms with Gasteiger partial charge < -0.3 is 10.1 Å². The number of sulfonamides is 1. The van der Waals surface area contributed by atoms with Crippen LogP contribution in [0.3, 0.4) is 0 Å². The molecule has 7 heteroatoms. The number of aryl methyl sites for hydroxylation is 1. The molecule has 6 nitrogen and oxygen atoms in total. The summed E-state index contributed by atoms with van der Waals surface area (Å²) in [6, 6.07) is 4.67. The molecule has 1 N–H and O–H groups in total. The van der Waals surface area contributed by atoms with Crippen molar-refractivity contribution in [2.24, 2.45) is 0 Å². The summed E-state index contributed by atoms with van der Waals surface area (Å²) in [5.74, 6) is -0.258. The maximum Gasteiger partial charge on any atom is 0.251 e. The number of hydrogen-bond acceptors (Lipinski definition) is 4. The van der Waals surface area contributed by atoms with Gasteiger partial charge in [0.05, 0.1) is 18.1 Å². The van der Waals surface area contributed by atoms with E-state index < -0.39 is 10.0 Å². The van der Waals surface area contributed by atoms with Gasteiger partial charge in [-0.3, -0.25) is 4.79 Å². The van der Waals surface area contributed by atoms with Gasteiger partial charge in [-0.15, -0.1) is 0 Å². The highest BCUT2D eigenvalue weighted by Gasteiger charge is 2.27. The smallest absolute Gasteiger partial charge is 0.251 e. The minimum absolute atomic E-state index is 0.00796. The molecule has 0 unspecified atom stereocenters. The zero-order valence-corrected chi connectivity index (χ0v) is 13.9. The fraction of sp³-hybridized carbons (Fsp3) is 0.533. The van der Waals surface area contributed by atoms with Crippen LogP contribution in [0, 0.1) is 6.92 Å². The monoisotopic (exact) mass is 326 g/mol. The van der Waals surface area contributed by atoms with Crippen molar-refractivity contribution in [1.82, 2.24) is 9.62 Å². The van der Waals surface area contributed by atoms with E-state index in [9.17, 15) is 13.2 Å². The van der Waals surface area contributed by atoms with Crippen LogP contribution in [0.25, 0.3) is 0 Å². The topological polar surface area (TPSA) is 75.7 Å². The largest absolute Gasteiger partial charge is 0.379 e. The van der Waals surface area contributed by atoms with Crippen molar-refractivity contribution in [3.63, 3.8) is 0 Å². The summed E-state index contributed by atoms with van der Waals surface area (Å²) in [5.41, 5.74) is 1.14. The van der Waals surface area contributed by atoms with Crippen molar-refractivity contribution in [1.29, 1.82) is 0 Å². The fourth-order valence-corrected chi connectivity index (χ4v) is 3.72. The fourth-order valence-electron chi connectivity index (χ4n) is 2.28. The van der Waals surface area contributed by atoms with Crippen LogP contribution in [0.5, 0.6) is 0 Å². The lowest BCUT2D eigenvalue weighted by Crippen LogP contribution is -2.40. The first kappa shape index (κ1) is 16.9. The molecule has 0 aliphatic carbocycles. The number of benzene rings is 1. The highest BCUT2D eigenvalue weighted by Crippen LogP contribution is 2.20. The molecule has 22 heavy (non-hydrogen) atoms. The molecule has 0 radical (unpaired) electrons. The number of hydrogen-bond donors (Lipinski definition) is 1. The van der Waals surface area contributed by atoms with Gasteiger partial charge in [0.1, 0.15) is 0 Å². The molecule has 0 aromatic heterocycles. The van der Waals surface area contributed by atoms with E-state index in [1.54, 1.807) is 19.1 Å². The molecule has 1 aromatic carbocycles. The molecule has 0 saturated carbocycles. The highest BCUT2D eigenvalue weighted by molar-refractivity contribution is 7.89. The van der Waals surface area contributed by atoms with E-state index in [0.717, 1.165) is 5.56 Å². The minimum atomic E-state index is -3.59. The van der Waals surface area contributed by atoms with Crippen LogP contribution in [0.2, 0.25) is 0 Å². The molecule has 2 rings (SSSR count). The standard InChI is InChI=1S/C15H22N2O4S/c1-11(2)16-15(18)14-10-13(5-4-12(14)3)22(19,20)17-6-8-21-9-7-17/h4-5,10-11H,6-9H2,1-3H3,(H,16,18). The van der Waals surface area contributed by atoms with E-state index >= 15 is 0 Å². The van der Waals surface area contributed by atoms with Gasteiger partial charge in [-0.25, -0.2) is 8.42 Å². The van der Waals surface area contributed by atoms with E-state index in [1.807, 2.05) is 13.8 Å². The van der Waals surface area contributed by atoms with Gasteiger partial charge in [-0.2, -0.15) is 4.31 Å². The summed E-state index contributed by atoms with van der Waals surface area (Å²) in [4.78, 5) is 12.3. The number of carbonyl (C=O) groups is 1. The molecule has 1 aliphatic rings. The van der Waals surface area contributed by atoms with Gasteiger partial charge in [0.15, 0.2) is 0 Å². The first-order valence-corrected chi connectivity index (χ1v) is 8.76. The molecular weight excluding hydrogens is 304 g/mol. The second-order valence-electron chi connectivity index (χ2n) is 5.62. The van der Waals surface area contributed by atoms with Crippen LogP contribution in [-0.4, -0.2) is 51.0 Å². The summed E-state index contributed by atoms with van der Waals surface area (Å²) < 4.78 is 31.8. The Morgan fingerprint density at radius 1 is 1.27 bits per heavy atom. The highest BCUT2D eigenvalue weighted by atomic mass is 32.2. The maximum absolute atomic E-state index is 12.6. The molecule has 0 spiro atoms. The Morgan fingerprint density at radius 2 is 1.91 bits per heavy atom. The molecule has 1 aliphatic heterocycles. The third-order valence-electron chi connectivity index (χ3n) is 3.48. The number of amides is 1. The van der Waals surface area contributed by atoms with Crippen molar-refractivity contribution < 1.29 is 17.9 Å². The molecular formula is C15H22N2O4S. The van der Waals surface area contributed by atoms with Gasteiger partial charge in [-0.1, -0.05) is 6.07 Å². The van der Waals surface area contributed by atoms with E-state index in [0.29, 0.717) is 31.9 Å². The molecule has 0 atom stereocenters. The van der Waals surface area contributed by atoms with Crippen molar-refractivity contribution in [3.8, 4) is 0 Å². The Balaban J connectivity index is 2.34. The summed E-state index contributed by atoms with van der Waals surface area (Å²) in [5, 5.41) is 2.79. The van der Waals surface area contributed by atoms with Crippen LogP contribution in [0.1, 0.15) is 29.8 Å². The Morgan fingerprint density at radius 3 is 2.50 bits per heavy atom. The number of carbonyl (C=O) groups excluding carboxylic acids is 1. The minimum Gasteiger partial charge on any atom is -0.379 e. The summed E-state index contributed by atoms with van der Waals surface area (Å²) in [6.45, 7) is 6.98. The molecule has 122 valence electrons. The quantitative estimate of drug-likeness (QED) is 0.901. The lowest BCUT2D eigenvalue weighted by atomic mass is 10.1. The van der Waals surface area contributed by atoms with Crippen molar-refractivity contribution in [3.05, 3.63) is 29.3 Å². The Labute approximate surface area is 131 Å². The maximum atomic E-state index is 12.6. The van der Waals surface area contributed by atoms with Crippen LogP contribution < -0.4 is 5.32 Å². The predicted octanol–water partition coefficient (Wildman–Crippen LogP) is 1.15. The number of nitrogens with one attached hydrogen (secondary N) is 1. The van der Waals surface area contributed by atoms with Crippen molar-refractivity contribution in [2.45, 2.75) is 31.7 Å². The van der Waals surface area contributed by atoms with Crippen LogP contribution >= 0.6 is 0 Å². The molecule has 1 amide bonds. The molecule has 1 aromatic rings. The number of nitrogens with zero attached hydrogens (tertiary/aromatic N) is 1. The average Bonchev–Trinajstić information content (AvgIpc) is 2.47. The van der Waals surface area contributed by atoms with E-state index in [1.165, 1.54) is 10.4 Å². The van der Waals surface area contributed by atoms with Gasteiger partial charge in [0.2, 0.25) is 10.0 Å². The van der Waals surface area contributed by atoms with Gasteiger partial charge in [0, 0.05) is 24.7 Å². The Hall–Kier alpha value is -1.44. The zero-order chi connectivity index (χ0) is 16.3. The number of ether oxygens (including phenoxy) is 1. The second-order valence-corrected chi connectivity index (χ2v) is 7.56. The summed E-state index contributed by atoms with van der Waals surface area (Å²) in [6.07, 6.45) is 0. The molecule has 0 bridgehead atoms. The Bertz CT molecular complexity index is 650. The van der Waals surface area contributed by atoms with E-state index in [-0.39, 0.29) is 16.8 Å². The van der Waals surface area contributed by atoms with Crippen LogP contribution in [-0.2, 0) is 14.8 Å². The predicted molar refractivity (Wildman–Crippen MR) is 83.4 cm³/mol. The normalized spacial score (nSPS) is 16.7. The first-order valence-electron chi connectivity index (χ1n) is 7.32. The SMILES string of the molecule is Cc1ccc(S(=O)(=O)N2CCOCC2)cc1C(=O)NC(C)C. The second kappa shape index (κ2) is 6.76. The van der Waals surface area contributed by atoms with Crippen LogP contribution in [0.15, 0.2) is 23.1 Å². The van der Waals surface area contributed by atoms with E-state index in [2.05, 4.69) is 5.32 Å². The average molecular weight is 326 g/mol. The van der Waals surface area contributed by atoms with Crippen LogP contribution in [0.4, 0.5) is 0 Å². The zero-order valence-electron chi connectivity index (χ0n) is 13.1. The van der Waals surface area contributed by atoms with Gasteiger partial charge in [0.25, 0.3) is 5.91 Å². The third-order valence-corrected chi connectivity index (χ3v) is 5.38. The van der Waals surface area contributed by atoms with Crippen molar-refractivity contribution in [2.75, 3.05) is 26.3 Å². The first-order chi connectivity index (χ1) is 10.3. The van der Waals surface area contributed by atoms with Crippen molar-refractivity contribution >= 4 is 15.9 Å².